The van der Waals surface area contributed by atoms with E-state index in [4.69, 9.17) is 0 Å². The maximum atomic E-state index is 15.5. The number of nitriles is 1. The van der Waals surface area contributed by atoms with E-state index >= 15 is 4.39 Å². The standard InChI is InChI=1S/C27H27F4N5OS/c1-5-36-13-19(26(34-36)27(29,30)31)25-17(7-6-8-20(25)28)18-12-35(23(37)10-9-15(2)33-4)14-22-24(18)16(3)21(11-32)38-22/h6-10,13,15,18,33H,5,12,14H2,1-4H3/b10-9+/t15-,18+/m1/s1. The number of benzene rings is 1. The molecule has 0 radical (unpaired) electrons. The Morgan fingerprint density at radius 2 is 2.13 bits per heavy atom. The van der Waals surface area contributed by atoms with E-state index in [1.54, 1.807) is 37.9 Å². The highest BCUT2D eigenvalue weighted by Crippen LogP contribution is 2.46. The van der Waals surface area contributed by atoms with Crippen LogP contribution in [0.15, 0.2) is 36.5 Å². The van der Waals surface area contributed by atoms with E-state index in [9.17, 15) is 23.2 Å². The monoisotopic (exact) mass is 545 g/mol. The van der Waals surface area contributed by atoms with Crippen LogP contribution in [0.3, 0.4) is 0 Å². The van der Waals surface area contributed by atoms with E-state index in [0.29, 0.717) is 16.0 Å². The van der Waals surface area contributed by atoms with Gasteiger partial charge in [-0.15, -0.1) is 11.3 Å². The van der Waals surface area contributed by atoms with Crippen LogP contribution >= 0.6 is 11.3 Å². The molecule has 2 aromatic heterocycles. The lowest BCUT2D eigenvalue weighted by Crippen LogP contribution is -2.37. The Kier molecular flexibility index (Phi) is 7.76. The molecular weight excluding hydrogens is 518 g/mol. The Balaban J connectivity index is 1.91. The summed E-state index contributed by atoms with van der Waals surface area (Å²) in [6, 6.07) is 6.29. The van der Waals surface area contributed by atoms with Gasteiger partial charge in [0.2, 0.25) is 5.91 Å². The maximum absolute atomic E-state index is 15.5. The van der Waals surface area contributed by atoms with Crippen LogP contribution in [0.25, 0.3) is 11.1 Å². The van der Waals surface area contributed by atoms with Gasteiger partial charge in [-0.2, -0.15) is 23.5 Å². The number of hydrogen-bond donors (Lipinski definition) is 1. The third kappa shape index (κ3) is 5.11. The summed E-state index contributed by atoms with van der Waals surface area (Å²) in [6.45, 7) is 5.86. The highest BCUT2D eigenvalue weighted by atomic mass is 32.1. The van der Waals surface area contributed by atoms with Gasteiger partial charge in [0.25, 0.3) is 0 Å². The zero-order valence-electron chi connectivity index (χ0n) is 21.4. The average Bonchev–Trinajstić information content (AvgIpc) is 3.47. The van der Waals surface area contributed by atoms with Crippen molar-refractivity contribution in [2.45, 2.75) is 52.0 Å². The summed E-state index contributed by atoms with van der Waals surface area (Å²) < 4.78 is 58.6. The van der Waals surface area contributed by atoms with Gasteiger partial charge >= 0.3 is 6.18 Å². The van der Waals surface area contributed by atoms with Crippen LogP contribution in [0.2, 0.25) is 0 Å². The molecule has 3 aromatic rings. The lowest BCUT2D eigenvalue weighted by atomic mass is 9.81. The molecule has 0 spiro atoms. The minimum atomic E-state index is -4.80. The number of aromatic nitrogens is 2. The fourth-order valence-electron chi connectivity index (χ4n) is 4.76. The Hall–Kier alpha value is -3.49. The number of fused-ring (bicyclic) bond motifs is 1. The van der Waals surface area contributed by atoms with E-state index < -0.39 is 23.6 Å². The highest BCUT2D eigenvalue weighted by molar-refractivity contribution is 7.12. The van der Waals surface area contributed by atoms with Crippen molar-refractivity contribution in [3.8, 4) is 17.2 Å². The Morgan fingerprint density at radius 3 is 2.76 bits per heavy atom. The zero-order valence-corrected chi connectivity index (χ0v) is 22.2. The van der Waals surface area contributed by atoms with Gasteiger partial charge in [-0.3, -0.25) is 9.48 Å². The first-order valence-electron chi connectivity index (χ1n) is 12.1. The molecule has 2 atom stereocenters. The molecule has 0 aliphatic carbocycles. The van der Waals surface area contributed by atoms with Gasteiger partial charge in [-0.25, -0.2) is 4.39 Å². The zero-order chi connectivity index (χ0) is 27.8. The molecule has 4 rings (SSSR count). The second-order valence-corrected chi connectivity index (χ2v) is 10.3. The van der Waals surface area contributed by atoms with Crippen LogP contribution in [0.1, 0.15) is 51.9 Å². The molecule has 11 heteroatoms. The normalized spacial score (nSPS) is 16.5. The molecule has 1 N–H and O–H groups in total. The first-order valence-corrected chi connectivity index (χ1v) is 12.9. The number of carbonyl (C=O) groups is 1. The Labute approximate surface area is 222 Å². The Morgan fingerprint density at radius 1 is 1.39 bits per heavy atom. The third-order valence-corrected chi connectivity index (χ3v) is 7.99. The van der Waals surface area contributed by atoms with Crippen molar-refractivity contribution < 1.29 is 22.4 Å². The molecule has 6 nitrogen and oxygen atoms in total. The minimum absolute atomic E-state index is 0.0463. The van der Waals surface area contributed by atoms with E-state index in [0.717, 1.165) is 21.2 Å². The van der Waals surface area contributed by atoms with Gasteiger partial charge in [0.05, 0.1) is 6.54 Å². The number of alkyl halides is 3. The van der Waals surface area contributed by atoms with E-state index in [2.05, 4.69) is 16.5 Å². The van der Waals surface area contributed by atoms with Crippen molar-refractivity contribution in [3.63, 3.8) is 0 Å². The molecule has 0 saturated heterocycles. The molecule has 3 heterocycles. The predicted molar refractivity (Wildman–Crippen MR) is 137 cm³/mol. The number of carbonyl (C=O) groups excluding carboxylic acids is 1. The SMILES string of the molecule is CCn1cc(-c2c(F)cccc2[C@@H]2CN(C(=O)/C=C/[C@@H](C)NC)Cc3sc(C#N)c(C)c32)c(C(F)(F)F)n1. The number of hydrogen-bond acceptors (Lipinski definition) is 5. The summed E-state index contributed by atoms with van der Waals surface area (Å²) in [4.78, 5) is 15.9. The molecule has 1 aromatic carbocycles. The summed E-state index contributed by atoms with van der Waals surface area (Å²) in [7, 11) is 1.77. The van der Waals surface area contributed by atoms with Gasteiger partial charge in [-0.1, -0.05) is 18.2 Å². The third-order valence-electron chi connectivity index (χ3n) is 6.80. The average molecular weight is 546 g/mol. The molecule has 1 aliphatic rings. The second kappa shape index (κ2) is 10.7. The first-order chi connectivity index (χ1) is 18.0. The maximum Gasteiger partial charge on any atom is 0.435 e. The lowest BCUT2D eigenvalue weighted by Gasteiger charge is -2.34. The fourth-order valence-corrected chi connectivity index (χ4v) is 5.94. The molecule has 1 aliphatic heterocycles. The lowest BCUT2D eigenvalue weighted by molar-refractivity contribution is -0.141. The number of halogens is 4. The fraction of sp³-hybridized carbons (Fsp3) is 0.370. The second-order valence-electron chi connectivity index (χ2n) is 9.16. The van der Waals surface area contributed by atoms with Crippen molar-refractivity contribution >= 4 is 17.2 Å². The summed E-state index contributed by atoms with van der Waals surface area (Å²) in [5.74, 6) is -1.74. The topological polar surface area (TPSA) is 74.0 Å². The highest BCUT2D eigenvalue weighted by Gasteiger charge is 2.40. The summed E-state index contributed by atoms with van der Waals surface area (Å²) in [6.07, 6.45) is -0.416. The molecule has 0 fully saturated rings. The molecule has 0 saturated carbocycles. The van der Waals surface area contributed by atoms with E-state index in [-0.39, 0.29) is 42.7 Å². The molecule has 200 valence electrons. The van der Waals surface area contributed by atoms with Crippen LogP contribution in [0, 0.1) is 24.1 Å². The molecule has 1 amide bonds. The molecular formula is C27H27F4N5OS. The number of nitrogens with one attached hydrogen (secondary N) is 1. The quantitative estimate of drug-likeness (QED) is 0.323. The van der Waals surface area contributed by atoms with Crippen LogP contribution in [0.5, 0.6) is 0 Å². The van der Waals surface area contributed by atoms with Gasteiger partial charge in [0, 0.05) is 53.3 Å². The minimum Gasteiger partial charge on any atom is -0.333 e. The van der Waals surface area contributed by atoms with Gasteiger partial charge in [-0.05, 0) is 50.6 Å². The summed E-state index contributed by atoms with van der Waals surface area (Å²) in [5.41, 5.74) is 0.0361. The van der Waals surface area contributed by atoms with Crippen molar-refractivity contribution in [1.29, 1.82) is 5.26 Å². The number of aryl methyl sites for hydroxylation is 1. The van der Waals surface area contributed by atoms with Crippen molar-refractivity contribution in [3.05, 3.63) is 74.5 Å². The molecule has 0 bridgehead atoms. The van der Waals surface area contributed by atoms with Crippen molar-refractivity contribution in [1.82, 2.24) is 20.0 Å². The van der Waals surface area contributed by atoms with Gasteiger partial charge in [0.1, 0.15) is 16.8 Å². The first kappa shape index (κ1) is 27.5. The predicted octanol–water partition coefficient (Wildman–Crippen LogP) is 5.61. The van der Waals surface area contributed by atoms with Crippen LogP contribution in [0.4, 0.5) is 17.6 Å². The summed E-state index contributed by atoms with van der Waals surface area (Å²) in [5, 5.41) is 16.4. The van der Waals surface area contributed by atoms with E-state index in [1.807, 2.05) is 6.92 Å². The van der Waals surface area contributed by atoms with Crippen molar-refractivity contribution in [2.24, 2.45) is 0 Å². The largest absolute Gasteiger partial charge is 0.435 e. The van der Waals surface area contributed by atoms with Gasteiger partial charge in [0.15, 0.2) is 5.69 Å². The molecule has 38 heavy (non-hydrogen) atoms. The van der Waals surface area contributed by atoms with Gasteiger partial charge < -0.3 is 10.2 Å². The number of likely N-dealkylation sites (N-methyl/N-ethyl adjacent to an activating group) is 1. The number of rotatable bonds is 6. The van der Waals surface area contributed by atoms with E-state index in [1.165, 1.54) is 29.7 Å². The van der Waals surface area contributed by atoms with Crippen LogP contribution < -0.4 is 5.32 Å². The molecule has 0 unspecified atom stereocenters. The smallest absolute Gasteiger partial charge is 0.333 e. The number of thiophene rings is 1. The Bertz CT molecular complexity index is 1430. The van der Waals surface area contributed by atoms with Crippen LogP contribution in [-0.2, 0) is 24.1 Å². The number of amides is 1. The number of nitrogens with zero attached hydrogens (tertiary/aromatic N) is 4. The summed E-state index contributed by atoms with van der Waals surface area (Å²) >= 11 is 1.25. The van der Waals surface area contributed by atoms with Crippen molar-refractivity contribution in [2.75, 3.05) is 13.6 Å². The van der Waals surface area contributed by atoms with Crippen LogP contribution in [-0.4, -0.2) is 40.2 Å².